The Morgan fingerprint density at radius 1 is 1.18 bits per heavy atom. The zero-order valence-corrected chi connectivity index (χ0v) is 15.7. The standard InChI is InChI=1S/C17H19FN6O3S/c18-14-5-1-2-6-15(14)28(26,27)23-9-7-16(25)19-8-3-4-13-10-20-17-21-12-22-24(17)11-13/h1-2,5-6,10-12,23H,3-4,7-9H2,(H,19,25). The number of hydrogen-bond donors (Lipinski definition) is 2. The average molecular weight is 406 g/mol. The van der Waals surface area contributed by atoms with Crippen molar-refractivity contribution in [2.24, 2.45) is 0 Å². The molecule has 0 saturated carbocycles. The van der Waals surface area contributed by atoms with E-state index in [1.807, 2.05) is 6.20 Å². The van der Waals surface area contributed by atoms with Crippen LogP contribution in [-0.4, -0.2) is 47.0 Å². The van der Waals surface area contributed by atoms with Crippen LogP contribution in [0.4, 0.5) is 4.39 Å². The topological polar surface area (TPSA) is 118 Å². The van der Waals surface area contributed by atoms with Gasteiger partial charge in [-0.1, -0.05) is 12.1 Å². The third kappa shape index (κ3) is 5.08. The van der Waals surface area contributed by atoms with Crippen LogP contribution in [0.3, 0.4) is 0 Å². The average Bonchev–Trinajstić information content (AvgIpc) is 3.13. The third-order valence-corrected chi connectivity index (χ3v) is 5.42. The van der Waals surface area contributed by atoms with E-state index in [-0.39, 0.29) is 18.9 Å². The number of carbonyl (C=O) groups excluding carboxylic acids is 1. The van der Waals surface area contributed by atoms with E-state index in [1.165, 1.54) is 24.5 Å². The molecule has 0 radical (unpaired) electrons. The van der Waals surface area contributed by atoms with Gasteiger partial charge in [-0.2, -0.15) is 10.1 Å². The maximum absolute atomic E-state index is 13.6. The van der Waals surface area contributed by atoms with Gasteiger partial charge in [0, 0.05) is 31.9 Å². The number of aromatic nitrogens is 4. The zero-order valence-electron chi connectivity index (χ0n) is 14.9. The lowest BCUT2D eigenvalue weighted by Crippen LogP contribution is -2.31. The first-order valence-corrected chi connectivity index (χ1v) is 10.1. The summed E-state index contributed by atoms with van der Waals surface area (Å²) in [6.07, 6.45) is 6.31. The molecule has 0 aliphatic carbocycles. The van der Waals surface area contributed by atoms with Gasteiger partial charge in [-0.25, -0.2) is 27.0 Å². The minimum Gasteiger partial charge on any atom is -0.356 e. The number of nitrogens with zero attached hydrogens (tertiary/aromatic N) is 4. The van der Waals surface area contributed by atoms with Gasteiger partial charge < -0.3 is 5.32 Å². The maximum atomic E-state index is 13.6. The molecule has 0 atom stereocenters. The number of carbonyl (C=O) groups is 1. The van der Waals surface area contributed by atoms with Gasteiger partial charge in [-0.15, -0.1) is 0 Å². The second kappa shape index (κ2) is 8.85. The fraction of sp³-hybridized carbons (Fsp3) is 0.294. The maximum Gasteiger partial charge on any atom is 0.252 e. The molecule has 148 valence electrons. The first-order chi connectivity index (χ1) is 13.5. The highest BCUT2D eigenvalue weighted by Gasteiger charge is 2.18. The Balaban J connectivity index is 1.37. The van der Waals surface area contributed by atoms with E-state index >= 15 is 0 Å². The number of aryl methyl sites for hydroxylation is 1. The number of rotatable bonds is 9. The summed E-state index contributed by atoms with van der Waals surface area (Å²) in [5, 5.41) is 6.73. The van der Waals surface area contributed by atoms with E-state index in [2.05, 4.69) is 25.1 Å². The molecule has 0 aliphatic rings. The Morgan fingerprint density at radius 3 is 2.82 bits per heavy atom. The van der Waals surface area contributed by atoms with E-state index in [1.54, 1.807) is 10.7 Å². The number of hydrogen-bond acceptors (Lipinski definition) is 6. The summed E-state index contributed by atoms with van der Waals surface area (Å²) in [6, 6.07) is 5.07. The van der Waals surface area contributed by atoms with Crippen LogP contribution in [0.15, 0.2) is 47.9 Å². The third-order valence-electron chi connectivity index (χ3n) is 3.92. The van der Waals surface area contributed by atoms with Gasteiger partial charge in [0.05, 0.1) is 0 Å². The monoisotopic (exact) mass is 406 g/mol. The number of nitrogens with one attached hydrogen (secondary N) is 2. The number of amides is 1. The van der Waals surface area contributed by atoms with Crippen molar-refractivity contribution in [1.29, 1.82) is 0 Å². The highest BCUT2D eigenvalue weighted by molar-refractivity contribution is 7.89. The highest BCUT2D eigenvalue weighted by atomic mass is 32.2. The molecule has 11 heteroatoms. The summed E-state index contributed by atoms with van der Waals surface area (Å²) in [5.74, 6) is -0.603. The molecular formula is C17H19FN6O3S. The Labute approximate surface area is 161 Å². The second-order valence-corrected chi connectivity index (χ2v) is 7.73. The molecule has 0 spiro atoms. The molecule has 1 aromatic carbocycles. The van der Waals surface area contributed by atoms with Crippen LogP contribution in [-0.2, 0) is 21.2 Å². The number of halogens is 1. The van der Waals surface area contributed by atoms with Crippen molar-refractivity contribution in [1.82, 2.24) is 29.6 Å². The van der Waals surface area contributed by atoms with Crippen LogP contribution in [0, 0.1) is 5.82 Å². The second-order valence-electron chi connectivity index (χ2n) is 6.00. The fourth-order valence-corrected chi connectivity index (χ4v) is 3.64. The molecule has 0 saturated heterocycles. The van der Waals surface area contributed by atoms with E-state index in [9.17, 15) is 17.6 Å². The lowest BCUT2D eigenvalue weighted by atomic mass is 10.2. The van der Waals surface area contributed by atoms with Crippen molar-refractivity contribution < 1.29 is 17.6 Å². The fourth-order valence-electron chi connectivity index (χ4n) is 2.54. The molecular weight excluding hydrogens is 387 g/mol. The smallest absolute Gasteiger partial charge is 0.252 e. The van der Waals surface area contributed by atoms with Gasteiger partial charge in [0.25, 0.3) is 5.78 Å². The molecule has 2 N–H and O–H groups in total. The predicted octanol–water partition coefficient (Wildman–Crippen LogP) is 0.681. The van der Waals surface area contributed by atoms with Crippen molar-refractivity contribution in [3.8, 4) is 0 Å². The summed E-state index contributed by atoms with van der Waals surface area (Å²) < 4.78 is 41.4. The van der Waals surface area contributed by atoms with E-state index in [0.29, 0.717) is 25.2 Å². The van der Waals surface area contributed by atoms with Gasteiger partial charge in [0.1, 0.15) is 17.0 Å². The Hall–Kier alpha value is -2.92. The molecule has 1 amide bonds. The number of sulfonamides is 1. The zero-order chi connectivity index (χ0) is 20.0. The molecule has 0 bridgehead atoms. The van der Waals surface area contributed by atoms with Crippen molar-refractivity contribution >= 4 is 21.7 Å². The van der Waals surface area contributed by atoms with E-state index in [4.69, 9.17) is 0 Å². The first-order valence-electron chi connectivity index (χ1n) is 8.61. The summed E-state index contributed by atoms with van der Waals surface area (Å²) in [7, 11) is -3.99. The molecule has 0 fully saturated rings. The molecule has 0 aliphatic heterocycles. The molecule has 28 heavy (non-hydrogen) atoms. The normalized spacial score (nSPS) is 11.6. The van der Waals surface area contributed by atoms with Crippen LogP contribution in [0.2, 0.25) is 0 Å². The largest absolute Gasteiger partial charge is 0.356 e. The molecule has 3 rings (SSSR count). The predicted molar refractivity (Wildman–Crippen MR) is 98.3 cm³/mol. The van der Waals surface area contributed by atoms with Gasteiger partial charge in [0.15, 0.2) is 0 Å². The van der Waals surface area contributed by atoms with Crippen molar-refractivity contribution in [3.63, 3.8) is 0 Å². The van der Waals surface area contributed by atoms with E-state index in [0.717, 1.165) is 11.6 Å². The van der Waals surface area contributed by atoms with Gasteiger partial charge in [0.2, 0.25) is 15.9 Å². The van der Waals surface area contributed by atoms with Gasteiger partial charge in [-0.3, -0.25) is 4.79 Å². The Morgan fingerprint density at radius 2 is 2.00 bits per heavy atom. The van der Waals surface area contributed by atoms with Crippen molar-refractivity contribution in [3.05, 3.63) is 54.4 Å². The Bertz CT molecular complexity index is 1070. The summed E-state index contributed by atoms with van der Waals surface area (Å²) in [5.41, 5.74) is 0.963. The quantitative estimate of drug-likeness (QED) is 0.505. The minimum absolute atomic E-state index is 0.0415. The summed E-state index contributed by atoms with van der Waals surface area (Å²) in [4.78, 5) is 19.5. The SMILES string of the molecule is O=C(CCNS(=O)(=O)c1ccccc1F)NCCCc1cnc2ncnn2c1. The van der Waals surface area contributed by atoms with Crippen molar-refractivity contribution in [2.45, 2.75) is 24.2 Å². The van der Waals surface area contributed by atoms with Gasteiger partial charge in [-0.05, 0) is 30.5 Å². The number of fused-ring (bicyclic) bond motifs is 1. The molecule has 2 heterocycles. The van der Waals surface area contributed by atoms with Crippen LogP contribution in [0.1, 0.15) is 18.4 Å². The Kier molecular flexibility index (Phi) is 6.26. The van der Waals surface area contributed by atoms with Crippen LogP contribution in [0.5, 0.6) is 0 Å². The van der Waals surface area contributed by atoms with Crippen LogP contribution < -0.4 is 10.0 Å². The lowest BCUT2D eigenvalue weighted by molar-refractivity contribution is -0.120. The molecule has 0 unspecified atom stereocenters. The molecule has 9 nitrogen and oxygen atoms in total. The first kappa shape index (κ1) is 19.8. The number of benzene rings is 1. The van der Waals surface area contributed by atoms with Gasteiger partial charge >= 0.3 is 0 Å². The van der Waals surface area contributed by atoms with Crippen LogP contribution >= 0.6 is 0 Å². The van der Waals surface area contributed by atoms with E-state index < -0.39 is 20.7 Å². The summed E-state index contributed by atoms with van der Waals surface area (Å²) >= 11 is 0. The molecule has 2 aromatic heterocycles. The van der Waals surface area contributed by atoms with Crippen molar-refractivity contribution in [2.75, 3.05) is 13.1 Å². The molecule has 3 aromatic rings. The van der Waals surface area contributed by atoms with Crippen LogP contribution in [0.25, 0.3) is 5.78 Å². The highest BCUT2D eigenvalue weighted by Crippen LogP contribution is 2.12. The summed E-state index contributed by atoms with van der Waals surface area (Å²) in [6.45, 7) is 0.323. The lowest BCUT2D eigenvalue weighted by Gasteiger charge is -2.08. The minimum atomic E-state index is -3.99.